The molecule has 45 heavy (non-hydrogen) atoms. The fourth-order valence-corrected chi connectivity index (χ4v) is 6.53. The normalized spacial score (nSPS) is 11.3. The van der Waals surface area contributed by atoms with Gasteiger partial charge in [0, 0.05) is 57.0 Å². The number of furan rings is 1. The van der Waals surface area contributed by atoms with Crippen molar-refractivity contribution in [2.24, 2.45) is 0 Å². The molecule has 0 saturated heterocycles. The van der Waals surface area contributed by atoms with Crippen LogP contribution in [0.15, 0.2) is 126 Å². The number of fused-ring (bicyclic) bond motifs is 3. The molecular formula is C42H38N2O. The maximum atomic E-state index is 6.67. The molecule has 7 rings (SSSR count). The van der Waals surface area contributed by atoms with E-state index in [1.165, 1.54) is 33.4 Å². The van der Waals surface area contributed by atoms with Gasteiger partial charge in [-0.25, -0.2) is 0 Å². The molecule has 0 aliphatic heterocycles. The van der Waals surface area contributed by atoms with Gasteiger partial charge in [-0.05, 0) is 124 Å². The van der Waals surface area contributed by atoms with Crippen molar-refractivity contribution in [1.29, 1.82) is 0 Å². The van der Waals surface area contributed by atoms with E-state index in [0.717, 1.165) is 56.1 Å². The lowest BCUT2D eigenvalue weighted by Gasteiger charge is -2.27. The van der Waals surface area contributed by atoms with Gasteiger partial charge in [-0.3, -0.25) is 0 Å². The van der Waals surface area contributed by atoms with Gasteiger partial charge in [-0.15, -0.1) is 0 Å². The van der Waals surface area contributed by atoms with Gasteiger partial charge in [0.15, 0.2) is 0 Å². The third kappa shape index (κ3) is 5.36. The van der Waals surface area contributed by atoms with Gasteiger partial charge in [0.1, 0.15) is 11.2 Å². The molecule has 222 valence electrons. The predicted octanol–water partition coefficient (Wildman–Crippen LogP) is 12.4. The summed E-state index contributed by atoms with van der Waals surface area (Å²) in [6.45, 7) is 12.9. The highest BCUT2D eigenvalue weighted by Gasteiger charge is 2.20. The first-order valence-corrected chi connectivity index (χ1v) is 15.6. The molecule has 7 aromatic rings. The zero-order valence-electron chi connectivity index (χ0n) is 26.8. The number of hydrogen-bond donors (Lipinski definition) is 0. The highest BCUT2D eigenvalue weighted by atomic mass is 16.3. The van der Waals surface area contributed by atoms with E-state index >= 15 is 0 Å². The summed E-state index contributed by atoms with van der Waals surface area (Å²) < 4.78 is 6.67. The number of benzene rings is 6. The molecule has 6 aromatic carbocycles. The largest absolute Gasteiger partial charge is 0.456 e. The minimum absolute atomic E-state index is 0.871. The summed E-state index contributed by atoms with van der Waals surface area (Å²) in [6.07, 6.45) is 0. The van der Waals surface area contributed by atoms with Crippen LogP contribution in [-0.4, -0.2) is 0 Å². The van der Waals surface area contributed by atoms with Gasteiger partial charge in [-0.1, -0.05) is 59.7 Å². The van der Waals surface area contributed by atoms with E-state index in [9.17, 15) is 0 Å². The van der Waals surface area contributed by atoms with Crippen molar-refractivity contribution < 1.29 is 4.42 Å². The summed E-state index contributed by atoms with van der Waals surface area (Å²) in [6, 6.07) is 43.8. The Morgan fingerprint density at radius 1 is 0.378 bits per heavy atom. The van der Waals surface area contributed by atoms with Crippen LogP contribution in [0.5, 0.6) is 0 Å². The molecule has 0 spiro atoms. The number of aryl methyl sites for hydroxylation is 6. The molecule has 0 aliphatic rings. The van der Waals surface area contributed by atoms with Gasteiger partial charge in [0.05, 0.1) is 0 Å². The van der Waals surface area contributed by atoms with Crippen LogP contribution in [0.2, 0.25) is 0 Å². The zero-order valence-corrected chi connectivity index (χ0v) is 26.8. The van der Waals surface area contributed by atoms with E-state index in [0.29, 0.717) is 0 Å². The molecule has 0 bridgehead atoms. The molecule has 0 atom stereocenters. The second-order valence-corrected chi connectivity index (χ2v) is 12.4. The van der Waals surface area contributed by atoms with E-state index in [-0.39, 0.29) is 0 Å². The zero-order chi connectivity index (χ0) is 31.2. The van der Waals surface area contributed by atoms with Crippen molar-refractivity contribution in [3.8, 4) is 0 Å². The van der Waals surface area contributed by atoms with Crippen molar-refractivity contribution in [2.45, 2.75) is 41.5 Å². The van der Waals surface area contributed by atoms with E-state index < -0.39 is 0 Å². The molecule has 1 aromatic heterocycles. The Labute approximate surface area is 266 Å². The van der Waals surface area contributed by atoms with Crippen LogP contribution < -0.4 is 9.80 Å². The van der Waals surface area contributed by atoms with Crippen molar-refractivity contribution in [3.05, 3.63) is 155 Å². The van der Waals surface area contributed by atoms with Gasteiger partial charge in [-0.2, -0.15) is 0 Å². The van der Waals surface area contributed by atoms with E-state index in [1.807, 2.05) is 0 Å². The monoisotopic (exact) mass is 586 g/mol. The SMILES string of the molecule is Cc1cccc(N(c2ccc3c(c2)oc2cc(N(c4cccc(C)c4)c4ccc(C)cc4C)ccc23)c2ccc(C)cc2C)c1. The maximum Gasteiger partial charge on any atom is 0.137 e. The quantitative estimate of drug-likeness (QED) is 0.193. The Hall–Kier alpha value is -5.28. The third-order valence-corrected chi connectivity index (χ3v) is 8.66. The van der Waals surface area contributed by atoms with E-state index in [4.69, 9.17) is 4.42 Å². The fraction of sp³-hybridized carbons (Fsp3) is 0.143. The minimum atomic E-state index is 0.871. The summed E-state index contributed by atoms with van der Waals surface area (Å²) >= 11 is 0. The lowest BCUT2D eigenvalue weighted by molar-refractivity contribution is 0.669. The van der Waals surface area contributed by atoms with Crippen molar-refractivity contribution in [3.63, 3.8) is 0 Å². The average molecular weight is 587 g/mol. The van der Waals surface area contributed by atoms with Gasteiger partial charge in [0.2, 0.25) is 0 Å². The summed E-state index contributed by atoms with van der Waals surface area (Å²) in [4.78, 5) is 4.67. The third-order valence-electron chi connectivity index (χ3n) is 8.66. The van der Waals surface area contributed by atoms with Gasteiger partial charge in [0.25, 0.3) is 0 Å². The molecule has 0 saturated carbocycles. The fourth-order valence-electron chi connectivity index (χ4n) is 6.53. The lowest BCUT2D eigenvalue weighted by Crippen LogP contribution is -2.11. The molecule has 0 radical (unpaired) electrons. The molecule has 0 unspecified atom stereocenters. The maximum absolute atomic E-state index is 6.67. The number of rotatable bonds is 6. The molecule has 0 amide bonds. The van der Waals surface area contributed by atoms with Crippen LogP contribution in [0.4, 0.5) is 34.1 Å². The lowest BCUT2D eigenvalue weighted by atomic mass is 10.1. The van der Waals surface area contributed by atoms with Crippen molar-refractivity contribution >= 4 is 56.1 Å². The van der Waals surface area contributed by atoms with Crippen LogP contribution in [0.3, 0.4) is 0 Å². The summed E-state index contributed by atoms with van der Waals surface area (Å²) in [7, 11) is 0. The topological polar surface area (TPSA) is 19.6 Å². The van der Waals surface area contributed by atoms with Crippen LogP contribution in [0.25, 0.3) is 21.9 Å². The number of anilines is 6. The summed E-state index contributed by atoms with van der Waals surface area (Å²) in [5.74, 6) is 0. The molecule has 0 aliphatic carbocycles. The average Bonchev–Trinajstić information content (AvgIpc) is 3.37. The molecule has 0 fully saturated rings. The number of nitrogens with zero attached hydrogens (tertiary/aromatic N) is 2. The summed E-state index contributed by atoms with van der Waals surface area (Å²) in [5, 5.41) is 2.22. The Balaban J connectivity index is 1.37. The first kappa shape index (κ1) is 28.5. The van der Waals surface area contributed by atoms with Crippen LogP contribution in [-0.2, 0) is 0 Å². The standard InChI is InChI=1S/C42H38N2O/c1-27-9-7-11-33(23-27)43(39-19-13-29(3)21-31(39)5)35-15-17-37-38-18-16-36(26-42(38)45-41(37)25-35)44(34-12-8-10-28(2)24-34)40-20-14-30(4)22-32(40)6/h7-26H,1-6H3. The predicted molar refractivity (Wildman–Crippen MR) is 192 cm³/mol. The van der Waals surface area contributed by atoms with Gasteiger partial charge < -0.3 is 14.2 Å². The van der Waals surface area contributed by atoms with Crippen molar-refractivity contribution in [2.75, 3.05) is 9.80 Å². The van der Waals surface area contributed by atoms with Gasteiger partial charge >= 0.3 is 0 Å². The Kier molecular flexibility index (Phi) is 7.17. The Morgan fingerprint density at radius 2 is 0.778 bits per heavy atom. The van der Waals surface area contributed by atoms with E-state index in [2.05, 4.69) is 173 Å². The van der Waals surface area contributed by atoms with Crippen molar-refractivity contribution in [1.82, 2.24) is 0 Å². The highest BCUT2D eigenvalue weighted by molar-refractivity contribution is 6.07. The van der Waals surface area contributed by atoms with Crippen LogP contribution in [0.1, 0.15) is 33.4 Å². The highest BCUT2D eigenvalue weighted by Crippen LogP contribution is 2.42. The smallest absolute Gasteiger partial charge is 0.137 e. The van der Waals surface area contributed by atoms with Crippen LogP contribution >= 0.6 is 0 Å². The molecule has 0 N–H and O–H groups in total. The second-order valence-electron chi connectivity index (χ2n) is 12.4. The molecule has 1 heterocycles. The molecular weight excluding hydrogens is 548 g/mol. The first-order chi connectivity index (χ1) is 21.7. The van der Waals surface area contributed by atoms with E-state index in [1.54, 1.807) is 0 Å². The summed E-state index contributed by atoms with van der Waals surface area (Å²) in [5.41, 5.74) is 15.9. The minimum Gasteiger partial charge on any atom is -0.456 e. The molecule has 3 nitrogen and oxygen atoms in total. The van der Waals surface area contributed by atoms with Crippen LogP contribution in [0, 0.1) is 41.5 Å². The Morgan fingerprint density at radius 3 is 1.18 bits per heavy atom. The second kappa shape index (κ2) is 11.3. The Bertz CT molecular complexity index is 2050. The molecule has 3 heteroatoms. The first-order valence-electron chi connectivity index (χ1n) is 15.6. The number of hydrogen-bond acceptors (Lipinski definition) is 3.